The zero-order chi connectivity index (χ0) is 15.0. The topological polar surface area (TPSA) is 61.9 Å². The molecule has 118 valence electrons. The Labute approximate surface area is 125 Å². The third-order valence-corrected chi connectivity index (χ3v) is 4.79. The molecule has 2 heterocycles. The summed E-state index contributed by atoms with van der Waals surface area (Å²) in [5, 5.41) is 3.06. The number of esters is 1. The lowest BCUT2D eigenvalue weighted by Gasteiger charge is -2.38. The SMILES string of the molecule is CC1CC(N2CCN(C(C)C(=O)NC3CC3)CC2)C(=O)O1. The quantitative estimate of drug-likeness (QED) is 0.738. The van der Waals surface area contributed by atoms with Crippen LogP contribution in [0.2, 0.25) is 0 Å². The molecule has 0 aromatic heterocycles. The van der Waals surface area contributed by atoms with E-state index in [0.29, 0.717) is 6.04 Å². The molecular formula is C15H25N3O3. The Morgan fingerprint density at radius 1 is 1.29 bits per heavy atom. The van der Waals surface area contributed by atoms with E-state index in [9.17, 15) is 9.59 Å². The molecule has 1 saturated carbocycles. The zero-order valence-electron chi connectivity index (χ0n) is 12.9. The highest BCUT2D eigenvalue weighted by Gasteiger charge is 2.38. The average Bonchev–Trinajstić information content (AvgIpc) is 3.21. The molecule has 1 amide bonds. The van der Waals surface area contributed by atoms with Crippen LogP contribution >= 0.6 is 0 Å². The van der Waals surface area contributed by atoms with E-state index in [-0.39, 0.29) is 30.1 Å². The van der Waals surface area contributed by atoms with Gasteiger partial charge in [-0.15, -0.1) is 0 Å². The molecule has 21 heavy (non-hydrogen) atoms. The van der Waals surface area contributed by atoms with Gasteiger partial charge in [0.1, 0.15) is 12.1 Å². The van der Waals surface area contributed by atoms with Crippen LogP contribution in [0.3, 0.4) is 0 Å². The Kier molecular flexibility index (Phi) is 4.17. The monoisotopic (exact) mass is 295 g/mol. The molecule has 3 aliphatic rings. The molecule has 3 atom stereocenters. The molecule has 3 rings (SSSR count). The summed E-state index contributed by atoms with van der Waals surface area (Å²) in [6.07, 6.45) is 3.06. The minimum Gasteiger partial charge on any atom is -0.461 e. The van der Waals surface area contributed by atoms with Gasteiger partial charge in [0.25, 0.3) is 0 Å². The normalized spacial score (nSPS) is 32.8. The molecule has 0 spiro atoms. The lowest BCUT2D eigenvalue weighted by Crippen LogP contribution is -2.56. The number of carbonyl (C=O) groups is 2. The number of nitrogens with zero attached hydrogens (tertiary/aromatic N) is 2. The maximum Gasteiger partial charge on any atom is 0.323 e. The van der Waals surface area contributed by atoms with E-state index in [2.05, 4.69) is 15.1 Å². The zero-order valence-corrected chi connectivity index (χ0v) is 12.9. The predicted octanol–water partition coefficient (Wildman–Crippen LogP) is -0.0249. The van der Waals surface area contributed by atoms with Gasteiger partial charge in [-0.1, -0.05) is 0 Å². The molecule has 3 fully saturated rings. The van der Waals surface area contributed by atoms with Crippen molar-refractivity contribution in [2.75, 3.05) is 26.2 Å². The van der Waals surface area contributed by atoms with Gasteiger partial charge in [-0.2, -0.15) is 0 Å². The summed E-state index contributed by atoms with van der Waals surface area (Å²) in [5.74, 6) is 0.0512. The van der Waals surface area contributed by atoms with Crippen molar-refractivity contribution in [1.82, 2.24) is 15.1 Å². The Morgan fingerprint density at radius 3 is 2.48 bits per heavy atom. The molecule has 3 unspecified atom stereocenters. The second-order valence-electron chi connectivity index (χ2n) is 6.53. The van der Waals surface area contributed by atoms with E-state index in [4.69, 9.17) is 4.74 Å². The highest BCUT2D eigenvalue weighted by atomic mass is 16.6. The standard InChI is InChI=1S/C15H25N3O3/c1-10-9-13(15(20)21-10)18-7-5-17(6-8-18)11(2)14(19)16-12-3-4-12/h10-13H,3-9H2,1-2H3,(H,16,19). The first kappa shape index (κ1) is 14.8. The van der Waals surface area contributed by atoms with Crippen molar-refractivity contribution in [3.05, 3.63) is 0 Å². The smallest absolute Gasteiger partial charge is 0.323 e. The summed E-state index contributed by atoms with van der Waals surface area (Å²) in [6.45, 7) is 7.23. The van der Waals surface area contributed by atoms with Crippen LogP contribution in [0.4, 0.5) is 0 Å². The van der Waals surface area contributed by atoms with E-state index in [1.54, 1.807) is 0 Å². The van der Waals surface area contributed by atoms with Crippen LogP contribution in [0.15, 0.2) is 0 Å². The van der Waals surface area contributed by atoms with Crippen molar-refractivity contribution in [2.24, 2.45) is 0 Å². The van der Waals surface area contributed by atoms with E-state index in [1.807, 2.05) is 13.8 Å². The maximum atomic E-state index is 12.1. The van der Waals surface area contributed by atoms with Gasteiger partial charge >= 0.3 is 5.97 Å². The van der Waals surface area contributed by atoms with Crippen LogP contribution in [0, 0.1) is 0 Å². The van der Waals surface area contributed by atoms with Crippen LogP contribution in [0.1, 0.15) is 33.1 Å². The molecular weight excluding hydrogens is 270 g/mol. The second-order valence-corrected chi connectivity index (χ2v) is 6.53. The summed E-state index contributed by atoms with van der Waals surface area (Å²) in [7, 11) is 0. The summed E-state index contributed by atoms with van der Waals surface area (Å²) >= 11 is 0. The number of nitrogens with one attached hydrogen (secondary N) is 1. The Balaban J connectivity index is 1.48. The molecule has 1 aliphatic carbocycles. The van der Waals surface area contributed by atoms with Gasteiger partial charge in [0, 0.05) is 38.6 Å². The molecule has 2 aliphatic heterocycles. The summed E-state index contributed by atoms with van der Waals surface area (Å²) in [5.41, 5.74) is 0. The lowest BCUT2D eigenvalue weighted by atomic mass is 10.1. The van der Waals surface area contributed by atoms with Crippen molar-refractivity contribution >= 4 is 11.9 Å². The number of cyclic esters (lactones) is 1. The van der Waals surface area contributed by atoms with Gasteiger partial charge in [0.2, 0.25) is 5.91 Å². The van der Waals surface area contributed by atoms with E-state index in [0.717, 1.165) is 45.4 Å². The van der Waals surface area contributed by atoms with Gasteiger partial charge in [0.15, 0.2) is 0 Å². The molecule has 6 nitrogen and oxygen atoms in total. The van der Waals surface area contributed by atoms with Crippen molar-refractivity contribution < 1.29 is 14.3 Å². The van der Waals surface area contributed by atoms with Crippen LogP contribution in [0.25, 0.3) is 0 Å². The lowest BCUT2D eigenvalue weighted by molar-refractivity contribution is -0.145. The average molecular weight is 295 g/mol. The first-order valence-corrected chi connectivity index (χ1v) is 8.03. The second kappa shape index (κ2) is 5.93. The molecule has 0 aromatic carbocycles. The van der Waals surface area contributed by atoms with Crippen molar-refractivity contribution in [1.29, 1.82) is 0 Å². The van der Waals surface area contributed by atoms with Gasteiger partial charge < -0.3 is 10.1 Å². The van der Waals surface area contributed by atoms with Crippen LogP contribution in [-0.2, 0) is 14.3 Å². The van der Waals surface area contributed by atoms with E-state index >= 15 is 0 Å². The largest absolute Gasteiger partial charge is 0.461 e. The first-order chi connectivity index (χ1) is 10.0. The van der Waals surface area contributed by atoms with Gasteiger partial charge in [-0.05, 0) is 26.7 Å². The molecule has 0 bridgehead atoms. The van der Waals surface area contributed by atoms with Gasteiger partial charge in [-0.25, -0.2) is 0 Å². The third kappa shape index (κ3) is 3.37. The number of hydrogen-bond acceptors (Lipinski definition) is 5. The fourth-order valence-corrected chi connectivity index (χ4v) is 3.19. The predicted molar refractivity (Wildman–Crippen MR) is 77.7 cm³/mol. The maximum absolute atomic E-state index is 12.1. The number of amides is 1. The molecule has 0 aromatic rings. The van der Waals surface area contributed by atoms with Crippen molar-refractivity contribution in [3.63, 3.8) is 0 Å². The number of hydrogen-bond donors (Lipinski definition) is 1. The Bertz CT molecular complexity index is 416. The Morgan fingerprint density at radius 2 is 1.95 bits per heavy atom. The molecule has 2 saturated heterocycles. The van der Waals surface area contributed by atoms with Gasteiger partial charge in [0.05, 0.1) is 6.04 Å². The van der Waals surface area contributed by atoms with Crippen molar-refractivity contribution in [3.8, 4) is 0 Å². The van der Waals surface area contributed by atoms with E-state index in [1.165, 1.54) is 0 Å². The number of ether oxygens (including phenoxy) is 1. The summed E-state index contributed by atoms with van der Waals surface area (Å²) in [6, 6.07) is 0.246. The van der Waals surface area contributed by atoms with E-state index < -0.39 is 0 Å². The molecule has 6 heteroatoms. The Hall–Kier alpha value is -1.14. The minimum absolute atomic E-state index is 0.0313. The van der Waals surface area contributed by atoms with Crippen LogP contribution in [0.5, 0.6) is 0 Å². The molecule has 1 N–H and O–H groups in total. The summed E-state index contributed by atoms with van der Waals surface area (Å²) < 4.78 is 5.23. The van der Waals surface area contributed by atoms with Crippen LogP contribution < -0.4 is 5.32 Å². The van der Waals surface area contributed by atoms with Crippen LogP contribution in [-0.4, -0.2) is 72.1 Å². The summed E-state index contributed by atoms with van der Waals surface area (Å²) in [4.78, 5) is 28.3. The number of rotatable bonds is 4. The molecule has 0 radical (unpaired) electrons. The van der Waals surface area contributed by atoms with Gasteiger partial charge in [-0.3, -0.25) is 19.4 Å². The van der Waals surface area contributed by atoms with Crippen molar-refractivity contribution in [2.45, 2.75) is 57.3 Å². The minimum atomic E-state index is -0.0875. The number of piperazine rings is 1. The first-order valence-electron chi connectivity index (χ1n) is 8.03. The fraction of sp³-hybridized carbons (Fsp3) is 0.867. The fourth-order valence-electron chi connectivity index (χ4n) is 3.19. The third-order valence-electron chi connectivity index (χ3n) is 4.79. The highest BCUT2D eigenvalue weighted by molar-refractivity contribution is 5.82. The highest BCUT2D eigenvalue weighted by Crippen LogP contribution is 2.22. The number of carbonyl (C=O) groups excluding carboxylic acids is 2.